The highest BCUT2D eigenvalue weighted by Crippen LogP contribution is 2.45. The van der Waals surface area contributed by atoms with Gasteiger partial charge in [-0.05, 0) is 53.5 Å². The molecule has 0 aromatic heterocycles. The van der Waals surface area contributed by atoms with Crippen molar-refractivity contribution in [2.75, 3.05) is 0 Å². The fourth-order valence-electron chi connectivity index (χ4n) is 3.55. The van der Waals surface area contributed by atoms with Gasteiger partial charge in [0, 0.05) is 5.92 Å². The van der Waals surface area contributed by atoms with Gasteiger partial charge in [0.2, 0.25) is 0 Å². The van der Waals surface area contributed by atoms with E-state index in [9.17, 15) is 0 Å². The molecule has 1 unspecified atom stereocenters. The topological polar surface area (TPSA) is 0 Å². The van der Waals surface area contributed by atoms with Gasteiger partial charge in [-0.25, -0.2) is 0 Å². The molecule has 0 heteroatoms. The zero-order valence-electron chi connectivity index (χ0n) is 12.6. The van der Waals surface area contributed by atoms with Crippen LogP contribution in [-0.2, 0) is 12.8 Å². The Morgan fingerprint density at radius 3 is 1.94 bits per heavy atom. The summed E-state index contributed by atoms with van der Waals surface area (Å²) in [4.78, 5) is 0. The molecular formula is C18H26. The Balaban J connectivity index is 2.61. The van der Waals surface area contributed by atoms with Gasteiger partial charge in [-0.3, -0.25) is 0 Å². The Morgan fingerprint density at radius 1 is 0.833 bits per heavy atom. The van der Waals surface area contributed by atoms with Crippen molar-refractivity contribution < 1.29 is 0 Å². The van der Waals surface area contributed by atoms with Crippen molar-refractivity contribution in [3.63, 3.8) is 0 Å². The molecule has 18 heavy (non-hydrogen) atoms. The van der Waals surface area contributed by atoms with Gasteiger partial charge in [0.05, 0.1) is 0 Å². The molecule has 0 heterocycles. The number of hydrogen-bond donors (Lipinski definition) is 0. The summed E-state index contributed by atoms with van der Waals surface area (Å²) in [6.07, 6.45) is 4.69. The maximum atomic E-state index is 2.48. The number of hydrogen-bond acceptors (Lipinski definition) is 0. The van der Waals surface area contributed by atoms with Crippen molar-refractivity contribution >= 4 is 5.57 Å². The van der Waals surface area contributed by atoms with Crippen LogP contribution in [0.3, 0.4) is 0 Å². The Bertz CT molecular complexity index is 477. The zero-order valence-corrected chi connectivity index (χ0v) is 12.6. The molecule has 0 fully saturated rings. The SMILES string of the molecule is CCC1=C(CC)C(C)c2cc(CC)c(CC)cc21. The maximum absolute atomic E-state index is 2.48. The third-order valence-electron chi connectivity index (χ3n) is 4.57. The fourth-order valence-corrected chi connectivity index (χ4v) is 3.55. The average molecular weight is 242 g/mol. The van der Waals surface area contributed by atoms with Crippen LogP contribution >= 0.6 is 0 Å². The second-order valence-electron chi connectivity index (χ2n) is 5.35. The van der Waals surface area contributed by atoms with E-state index in [1.807, 2.05) is 0 Å². The van der Waals surface area contributed by atoms with Gasteiger partial charge in [-0.15, -0.1) is 0 Å². The van der Waals surface area contributed by atoms with Crippen molar-refractivity contribution in [2.24, 2.45) is 0 Å². The molecule has 0 aliphatic heterocycles. The highest BCUT2D eigenvalue weighted by molar-refractivity contribution is 5.79. The second-order valence-corrected chi connectivity index (χ2v) is 5.35. The lowest BCUT2D eigenvalue weighted by Crippen LogP contribution is -1.98. The first-order valence-corrected chi connectivity index (χ1v) is 7.55. The molecule has 1 aromatic rings. The Labute approximate surface area is 112 Å². The molecule has 0 saturated carbocycles. The molecule has 0 radical (unpaired) electrons. The van der Waals surface area contributed by atoms with Gasteiger partial charge in [0.25, 0.3) is 0 Å². The van der Waals surface area contributed by atoms with Crippen molar-refractivity contribution in [1.29, 1.82) is 0 Å². The van der Waals surface area contributed by atoms with Gasteiger partial charge >= 0.3 is 0 Å². The van der Waals surface area contributed by atoms with Crippen LogP contribution in [0.25, 0.3) is 5.57 Å². The van der Waals surface area contributed by atoms with E-state index >= 15 is 0 Å². The minimum absolute atomic E-state index is 0.635. The average Bonchev–Trinajstić information content (AvgIpc) is 2.68. The molecule has 0 nitrogen and oxygen atoms in total. The smallest absolute Gasteiger partial charge is 0.00318 e. The van der Waals surface area contributed by atoms with Gasteiger partial charge in [0.1, 0.15) is 0 Å². The number of aryl methyl sites for hydroxylation is 2. The number of allylic oxidation sites excluding steroid dienone is 2. The van der Waals surface area contributed by atoms with Crippen LogP contribution in [0.1, 0.15) is 75.6 Å². The molecule has 1 aliphatic rings. The summed E-state index contributed by atoms with van der Waals surface area (Å²) in [6, 6.07) is 4.96. The van der Waals surface area contributed by atoms with Crippen LogP contribution in [0.2, 0.25) is 0 Å². The summed E-state index contributed by atoms with van der Waals surface area (Å²) in [5.74, 6) is 0.635. The quantitative estimate of drug-likeness (QED) is 0.653. The number of benzene rings is 1. The van der Waals surface area contributed by atoms with Gasteiger partial charge in [0.15, 0.2) is 0 Å². The molecule has 1 atom stereocenters. The molecule has 0 amide bonds. The summed E-state index contributed by atoms with van der Waals surface area (Å²) in [7, 11) is 0. The lowest BCUT2D eigenvalue weighted by Gasteiger charge is -2.13. The molecule has 98 valence electrons. The third-order valence-corrected chi connectivity index (χ3v) is 4.57. The first-order valence-electron chi connectivity index (χ1n) is 7.55. The van der Waals surface area contributed by atoms with Crippen molar-refractivity contribution in [3.05, 3.63) is 40.0 Å². The molecule has 0 N–H and O–H groups in total. The van der Waals surface area contributed by atoms with E-state index < -0.39 is 0 Å². The van der Waals surface area contributed by atoms with E-state index in [0.29, 0.717) is 5.92 Å². The van der Waals surface area contributed by atoms with Gasteiger partial charge < -0.3 is 0 Å². The monoisotopic (exact) mass is 242 g/mol. The van der Waals surface area contributed by atoms with Crippen molar-refractivity contribution in [2.45, 2.75) is 66.2 Å². The van der Waals surface area contributed by atoms with Crippen LogP contribution in [0.5, 0.6) is 0 Å². The van der Waals surface area contributed by atoms with Crippen LogP contribution in [0.15, 0.2) is 17.7 Å². The zero-order chi connectivity index (χ0) is 13.3. The summed E-state index contributed by atoms with van der Waals surface area (Å²) >= 11 is 0. The Kier molecular flexibility index (Phi) is 3.94. The lowest BCUT2D eigenvalue weighted by atomic mass is 9.91. The van der Waals surface area contributed by atoms with E-state index in [0.717, 1.165) is 12.8 Å². The summed E-state index contributed by atoms with van der Waals surface area (Å²) in [5, 5.41) is 0. The largest absolute Gasteiger partial charge is 0.0616 e. The highest BCUT2D eigenvalue weighted by Gasteiger charge is 2.26. The normalized spacial score (nSPS) is 18.4. The van der Waals surface area contributed by atoms with Gasteiger partial charge in [-0.2, -0.15) is 0 Å². The summed E-state index contributed by atoms with van der Waals surface area (Å²) in [5.41, 5.74) is 9.52. The fraction of sp³-hybridized carbons (Fsp3) is 0.556. The Hall–Kier alpha value is -1.04. The van der Waals surface area contributed by atoms with E-state index in [1.54, 1.807) is 33.4 Å². The van der Waals surface area contributed by atoms with Crippen molar-refractivity contribution in [1.82, 2.24) is 0 Å². The van der Waals surface area contributed by atoms with Crippen LogP contribution in [0.4, 0.5) is 0 Å². The van der Waals surface area contributed by atoms with Gasteiger partial charge in [-0.1, -0.05) is 52.3 Å². The molecule has 1 aromatic carbocycles. The molecule has 0 saturated heterocycles. The van der Waals surface area contributed by atoms with E-state index in [-0.39, 0.29) is 0 Å². The minimum Gasteiger partial charge on any atom is -0.0616 e. The number of rotatable bonds is 4. The minimum atomic E-state index is 0.635. The molecule has 0 spiro atoms. The second kappa shape index (κ2) is 5.30. The molecule has 2 rings (SSSR count). The third kappa shape index (κ3) is 1.92. The van der Waals surface area contributed by atoms with E-state index in [2.05, 4.69) is 46.8 Å². The first-order chi connectivity index (χ1) is 8.67. The highest BCUT2D eigenvalue weighted by atomic mass is 14.3. The molecule has 1 aliphatic carbocycles. The van der Waals surface area contributed by atoms with Crippen LogP contribution < -0.4 is 0 Å². The molecular weight excluding hydrogens is 216 g/mol. The lowest BCUT2D eigenvalue weighted by molar-refractivity contribution is 0.855. The van der Waals surface area contributed by atoms with E-state index in [4.69, 9.17) is 0 Å². The maximum Gasteiger partial charge on any atom is 0.00318 e. The first kappa shape index (κ1) is 13.4. The predicted octanol–water partition coefficient (Wildman–Crippen LogP) is 5.50. The molecule has 0 bridgehead atoms. The predicted molar refractivity (Wildman–Crippen MR) is 81.1 cm³/mol. The summed E-state index contributed by atoms with van der Waals surface area (Å²) < 4.78 is 0. The Morgan fingerprint density at radius 2 is 1.44 bits per heavy atom. The standard InChI is InChI=1S/C18H26/c1-6-13-10-17-12(5)15(8-3)16(9-4)18(17)11-14(13)7-2/h10-12H,6-9H2,1-5H3. The van der Waals surface area contributed by atoms with Crippen LogP contribution in [-0.4, -0.2) is 0 Å². The van der Waals surface area contributed by atoms with Crippen LogP contribution in [0, 0.1) is 0 Å². The number of fused-ring (bicyclic) bond motifs is 1. The van der Waals surface area contributed by atoms with E-state index in [1.165, 1.54) is 12.8 Å². The van der Waals surface area contributed by atoms with Crippen molar-refractivity contribution in [3.8, 4) is 0 Å². The summed E-state index contributed by atoms with van der Waals surface area (Å²) in [6.45, 7) is 11.5.